The lowest BCUT2D eigenvalue weighted by Gasteiger charge is -2.11. The Morgan fingerprint density at radius 2 is 0.939 bits per heavy atom. The molecule has 0 saturated carbocycles. The molecule has 0 fully saturated rings. The zero-order chi connectivity index (χ0) is 23.6. The highest BCUT2D eigenvalue weighted by molar-refractivity contribution is 6.01. The zero-order valence-corrected chi connectivity index (χ0v) is 18.3. The van der Waals surface area contributed by atoms with Crippen LogP contribution in [0.5, 0.6) is 0 Å². The standard InChI is InChI=1S/C15H14O2.C14H12O2/c1-11-7-5-6-10-13(11)15(17)14(16)12-8-3-2-4-9-12;15-13(11-7-3-1-4-8-11)14(16)12-9-5-2-6-10-12/h2-10,14,16H,1H3;1-10,13,15H. The van der Waals surface area contributed by atoms with Gasteiger partial charge in [-0.2, -0.15) is 0 Å². The minimum absolute atomic E-state index is 0.255. The topological polar surface area (TPSA) is 74.6 Å². The van der Waals surface area contributed by atoms with Crippen LogP contribution in [0.25, 0.3) is 0 Å². The molecule has 2 N–H and O–H groups in total. The maximum atomic E-state index is 12.1. The summed E-state index contributed by atoms with van der Waals surface area (Å²) in [6.07, 6.45) is -2.17. The predicted octanol–water partition coefficient (Wildman–Crippen LogP) is 5.51. The largest absolute Gasteiger partial charge is 0.380 e. The summed E-state index contributed by atoms with van der Waals surface area (Å²) in [6, 6.07) is 34.0. The van der Waals surface area contributed by atoms with Gasteiger partial charge in [0.2, 0.25) is 0 Å². The Kier molecular flexibility index (Phi) is 8.42. The Labute approximate surface area is 193 Å². The van der Waals surface area contributed by atoms with Crippen molar-refractivity contribution < 1.29 is 19.8 Å². The Hall–Kier alpha value is -3.86. The van der Waals surface area contributed by atoms with Crippen molar-refractivity contribution >= 4 is 11.6 Å². The van der Waals surface area contributed by atoms with Crippen LogP contribution in [0.2, 0.25) is 0 Å². The van der Waals surface area contributed by atoms with Crippen LogP contribution in [0, 0.1) is 6.92 Å². The summed E-state index contributed by atoms with van der Waals surface area (Å²) in [7, 11) is 0. The van der Waals surface area contributed by atoms with Crippen LogP contribution in [-0.4, -0.2) is 21.8 Å². The molecule has 0 saturated heterocycles. The number of hydrogen-bond acceptors (Lipinski definition) is 4. The van der Waals surface area contributed by atoms with Gasteiger partial charge in [-0.25, -0.2) is 0 Å². The van der Waals surface area contributed by atoms with E-state index in [-0.39, 0.29) is 11.6 Å². The van der Waals surface area contributed by atoms with Crippen molar-refractivity contribution in [2.24, 2.45) is 0 Å². The molecule has 4 rings (SSSR count). The van der Waals surface area contributed by atoms with Crippen molar-refractivity contribution in [3.63, 3.8) is 0 Å². The molecule has 0 aromatic heterocycles. The van der Waals surface area contributed by atoms with Gasteiger partial charge < -0.3 is 10.2 Å². The summed E-state index contributed by atoms with van der Waals surface area (Å²) in [5.41, 5.74) is 3.23. The van der Waals surface area contributed by atoms with Gasteiger partial charge in [-0.3, -0.25) is 9.59 Å². The molecule has 4 nitrogen and oxygen atoms in total. The van der Waals surface area contributed by atoms with E-state index in [0.717, 1.165) is 5.56 Å². The van der Waals surface area contributed by atoms with Crippen LogP contribution in [0.15, 0.2) is 115 Å². The Balaban J connectivity index is 0.000000186. The van der Waals surface area contributed by atoms with Gasteiger partial charge in [-0.1, -0.05) is 115 Å². The number of aryl methyl sites for hydroxylation is 1. The highest BCUT2D eigenvalue weighted by Crippen LogP contribution is 2.20. The van der Waals surface area contributed by atoms with Crippen LogP contribution in [0.3, 0.4) is 0 Å². The summed E-state index contributed by atoms with van der Waals surface area (Å²) in [5, 5.41) is 19.9. The lowest BCUT2D eigenvalue weighted by Crippen LogP contribution is -2.13. The fourth-order valence-electron chi connectivity index (χ4n) is 3.33. The molecule has 4 heteroatoms. The second kappa shape index (κ2) is 11.7. The van der Waals surface area contributed by atoms with Crippen LogP contribution in [0.1, 0.15) is 49.6 Å². The smallest absolute Gasteiger partial charge is 0.196 e. The Morgan fingerprint density at radius 1 is 0.545 bits per heavy atom. The van der Waals surface area contributed by atoms with Crippen LogP contribution in [0.4, 0.5) is 0 Å². The van der Waals surface area contributed by atoms with E-state index in [2.05, 4.69) is 0 Å². The first-order valence-corrected chi connectivity index (χ1v) is 10.6. The number of carbonyl (C=O) groups is 2. The molecule has 4 aromatic carbocycles. The number of carbonyl (C=O) groups excluding carboxylic acids is 2. The highest BCUT2D eigenvalue weighted by atomic mass is 16.3. The Morgan fingerprint density at radius 3 is 1.42 bits per heavy atom. The van der Waals surface area contributed by atoms with Crippen LogP contribution < -0.4 is 0 Å². The van der Waals surface area contributed by atoms with E-state index in [1.165, 1.54) is 0 Å². The number of rotatable bonds is 6. The average molecular weight is 439 g/mol. The fourth-order valence-corrected chi connectivity index (χ4v) is 3.33. The summed E-state index contributed by atoms with van der Waals surface area (Å²) in [4.78, 5) is 24.0. The second-order valence-electron chi connectivity index (χ2n) is 7.54. The van der Waals surface area contributed by atoms with Gasteiger partial charge in [0.15, 0.2) is 11.6 Å². The van der Waals surface area contributed by atoms with Crippen LogP contribution >= 0.6 is 0 Å². The van der Waals surface area contributed by atoms with Crippen molar-refractivity contribution in [3.8, 4) is 0 Å². The number of aliphatic hydroxyl groups excluding tert-OH is 2. The van der Waals surface area contributed by atoms with Gasteiger partial charge in [0.1, 0.15) is 12.2 Å². The number of Topliss-reactive ketones (excluding diaryl/α,β-unsaturated/α-hetero) is 2. The van der Waals surface area contributed by atoms with Crippen LogP contribution in [-0.2, 0) is 0 Å². The molecule has 0 aliphatic heterocycles. The zero-order valence-electron chi connectivity index (χ0n) is 18.3. The Bertz CT molecular complexity index is 1170. The number of hydrogen-bond donors (Lipinski definition) is 2. The first-order valence-electron chi connectivity index (χ1n) is 10.6. The lowest BCUT2D eigenvalue weighted by molar-refractivity contribution is 0.0743. The van der Waals surface area contributed by atoms with Crippen molar-refractivity contribution in [2.45, 2.75) is 19.1 Å². The normalized spacial score (nSPS) is 12.1. The van der Waals surface area contributed by atoms with Gasteiger partial charge in [-0.05, 0) is 23.6 Å². The van der Waals surface area contributed by atoms with E-state index < -0.39 is 12.2 Å². The van der Waals surface area contributed by atoms with E-state index in [1.807, 2.05) is 49.4 Å². The quantitative estimate of drug-likeness (QED) is 0.389. The molecule has 0 radical (unpaired) electrons. The molecule has 2 unspecified atom stereocenters. The van der Waals surface area contributed by atoms with Crippen molar-refractivity contribution in [2.75, 3.05) is 0 Å². The summed E-state index contributed by atoms with van der Waals surface area (Å²) in [5.74, 6) is -0.527. The number of aliphatic hydroxyl groups is 2. The monoisotopic (exact) mass is 438 g/mol. The average Bonchev–Trinajstić information content (AvgIpc) is 2.89. The van der Waals surface area contributed by atoms with Crippen molar-refractivity contribution in [1.29, 1.82) is 0 Å². The van der Waals surface area contributed by atoms with Gasteiger partial charge in [-0.15, -0.1) is 0 Å². The molecular weight excluding hydrogens is 412 g/mol. The predicted molar refractivity (Wildman–Crippen MR) is 129 cm³/mol. The molecule has 0 aliphatic carbocycles. The maximum absolute atomic E-state index is 12.1. The van der Waals surface area contributed by atoms with Gasteiger partial charge >= 0.3 is 0 Å². The SMILES string of the molecule is Cc1ccccc1C(=O)C(O)c1ccccc1.O=C(c1ccccc1)C(O)c1ccccc1. The summed E-state index contributed by atoms with van der Waals surface area (Å²) in [6.45, 7) is 1.87. The minimum atomic E-state index is -1.09. The van der Waals surface area contributed by atoms with E-state index in [4.69, 9.17) is 0 Å². The molecule has 0 amide bonds. The molecule has 33 heavy (non-hydrogen) atoms. The fraction of sp³-hybridized carbons (Fsp3) is 0.103. The van der Waals surface area contributed by atoms with Gasteiger partial charge in [0, 0.05) is 11.1 Å². The number of ketones is 2. The van der Waals surface area contributed by atoms with Crippen molar-refractivity contribution in [3.05, 3.63) is 143 Å². The lowest BCUT2D eigenvalue weighted by atomic mass is 9.97. The minimum Gasteiger partial charge on any atom is -0.380 e. The third-order valence-electron chi connectivity index (χ3n) is 5.20. The first-order chi connectivity index (χ1) is 16.0. The second-order valence-corrected chi connectivity index (χ2v) is 7.54. The summed E-state index contributed by atoms with van der Waals surface area (Å²) < 4.78 is 0. The maximum Gasteiger partial charge on any atom is 0.196 e. The van der Waals surface area contributed by atoms with Gasteiger partial charge in [0.25, 0.3) is 0 Å². The highest BCUT2D eigenvalue weighted by Gasteiger charge is 2.20. The van der Waals surface area contributed by atoms with E-state index in [0.29, 0.717) is 22.3 Å². The van der Waals surface area contributed by atoms with E-state index in [1.54, 1.807) is 72.8 Å². The molecular formula is C29H26O4. The van der Waals surface area contributed by atoms with E-state index in [9.17, 15) is 19.8 Å². The van der Waals surface area contributed by atoms with Gasteiger partial charge in [0.05, 0.1) is 0 Å². The molecule has 4 aromatic rings. The third kappa shape index (κ3) is 6.32. The number of benzene rings is 4. The molecule has 166 valence electrons. The molecule has 0 bridgehead atoms. The third-order valence-corrected chi connectivity index (χ3v) is 5.20. The summed E-state index contributed by atoms with van der Waals surface area (Å²) >= 11 is 0. The van der Waals surface area contributed by atoms with E-state index >= 15 is 0 Å². The first kappa shape index (κ1) is 23.8. The van der Waals surface area contributed by atoms with Crippen molar-refractivity contribution in [1.82, 2.24) is 0 Å². The molecule has 0 aliphatic rings. The molecule has 2 atom stereocenters. The molecule has 0 spiro atoms. The molecule has 0 heterocycles.